The molecule has 0 aliphatic carbocycles. The van der Waals surface area contributed by atoms with E-state index in [0.717, 1.165) is 6.42 Å². The first kappa shape index (κ1) is 14.4. The molecule has 1 nitrogen and oxygen atoms in total. The van der Waals surface area contributed by atoms with Gasteiger partial charge >= 0.3 is 0 Å². The summed E-state index contributed by atoms with van der Waals surface area (Å²) in [5.74, 6) is 0.923. The van der Waals surface area contributed by atoms with E-state index < -0.39 is 0 Å². The van der Waals surface area contributed by atoms with Crippen molar-refractivity contribution in [2.24, 2.45) is 17.3 Å². The highest BCUT2D eigenvalue weighted by atomic mass is 16.1. The van der Waals surface area contributed by atoms with Gasteiger partial charge in [-0.2, -0.15) is 0 Å². The monoisotopic (exact) mass is 210 g/mol. The van der Waals surface area contributed by atoms with Crippen LogP contribution in [-0.2, 0) is 4.79 Å². The van der Waals surface area contributed by atoms with Crippen LogP contribution in [0.1, 0.15) is 54.9 Å². The SMILES string of the molecule is CC(C)=CCC(C)C(=O)C(C)(C)C(C)C. The van der Waals surface area contributed by atoms with E-state index in [-0.39, 0.29) is 11.3 Å². The van der Waals surface area contributed by atoms with E-state index >= 15 is 0 Å². The van der Waals surface area contributed by atoms with Crippen LogP contribution in [-0.4, -0.2) is 5.78 Å². The lowest BCUT2D eigenvalue weighted by Crippen LogP contribution is -2.34. The molecule has 0 rings (SSSR count). The lowest BCUT2D eigenvalue weighted by molar-refractivity contribution is -0.132. The molecule has 0 fully saturated rings. The Hall–Kier alpha value is -0.590. The molecule has 15 heavy (non-hydrogen) atoms. The lowest BCUT2D eigenvalue weighted by Gasteiger charge is -2.30. The summed E-state index contributed by atoms with van der Waals surface area (Å²) in [6.07, 6.45) is 3.02. The summed E-state index contributed by atoms with van der Waals surface area (Å²) in [6, 6.07) is 0. The topological polar surface area (TPSA) is 17.1 Å². The first-order valence-corrected chi connectivity index (χ1v) is 5.87. The molecule has 0 bridgehead atoms. The maximum Gasteiger partial charge on any atom is 0.141 e. The smallest absolute Gasteiger partial charge is 0.141 e. The fraction of sp³-hybridized carbons (Fsp3) is 0.786. The molecule has 88 valence electrons. The van der Waals surface area contributed by atoms with Crippen LogP contribution in [0.15, 0.2) is 11.6 Å². The quantitative estimate of drug-likeness (QED) is 0.621. The van der Waals surface area contributed by atoms with Crippen LogP contribution in [0.4, 0.5) is 0 Å². The molecule has 1 unspecified atom stereocenters. The maximum absolute atomic E-state index is 12.2. The summed E-state index contributed by atoms with van der Waals surface area (Å²) in [7, 11) is 0. The van der Waals surface area contributed by atoms with Gasteiger partial charge in [0, 0.05) is 11.3 Å². The van der Waals surface area contributed by atoms with E-state index in [1.54, 1.807) is 0 Å². The molecule has 0 amide bonds. The Morgan fingerprint density at radius 1 is 1.20 bits per heavy atom. The molecular formula is C14H26O. The molecule has 0 N–H and O–H groups in total. The Bertz CT molecular complexity index is 242. The third-order valence-corrected chi connectivity index (χ3v) is 3.41. The van der Waals surface area contributed by atoms with Gasteiger partial charge in [0.25, 0.3) is 0 Å². The Balaban J connectivity index is 4.51. The fourth-order valence-electron chi connectivity index (χ4n) is 1.44. The summed E-state index contributed by atoms with van der Waals surface area (Å²) in [5, 5.41) is 0. The van der Waals surface area contributed by atoms with Gasteiger partial charge in [0.05, 0.1) is 0 Å². The zero-order valence-corrected chi connectivity index (χ0v) is 11.3. The predicted molar refractivity (Wildman–Crippen MR) is 66.8 cm³/mol. The van der Waals surface area contributed by atoms with Crippen LogP contribution in [0.5, 0.6) is 0 Å². The van der Waals surface area contributed by atoms with Crippen molar-refractivity contribution < 1.29 is 4.79 Å². The first-order chi connectivity index (χ1) is 6.69. The molecule has 0 saturated carbocycles. The number of carbonyl (C=O) groups excluding carboxylic acids is 1. The summed E-state index contributed by atoms with van der Waals surface area (Å²) in [5.41, 5.74) is 1.09. The van der Waals surface area contributed by atoms with Crippen LogP contribution in [0, 0.1) is 17.3 Å². The standard InChI is InChI=1S/C14H26O/c1-10(2)8-9-12(5)13(15)14(6,7)11(3)4/h8,11-12H,9H2,1-7H3. The molecule has 0 spiro atoms. The number of hydrogen-bond donors (Lipinski definition) is 0. The minimum Gasteiger partial charge on any atom is -0.299 e. The second-order valence-corrected chi connectivity index (χ2v) is 5.66. The molecule has 0 radical (unpaired) electrons. The van der Waals surface area contributed by atoms with Crippen LogP contribution in [0.3, 0.4) is 0 Å². The van der Waals surface area contributed by atoms with Crippen molar-refractivity contribution in [2.75, 3.05) is 0 Å². The van der Waals surface area contributed by atoms with Gasteiger partial charge in [-0.25, -0.2) is 0 Å². The van der Waals surface area contributed by atoms with E-state index in [9.17, 15) is 4.79 Å². The normalized spacial score (nSPS) is 13.9. The zero-order valence-electron chi connectivity index (χ0n) is 11.3. The van der Waals surface area contributed by atoms with Gasteiger partial charge in [0.2, 0.25) is 0 Å². The minimum absolute atomic E-state index is 0.136. The second kappa shape index (κ2) is 5.48. The van der Waals surface area contributed by atoms with Crippen molar-refractivity contribution in [3.63, 3.8) is 0 Å². The molecule has 1 heteroatoms. The molecule has 0 saturated heterocycles. The van der Waals surface area contributed by atoms with Crippen molar-refractivity contribution >= 4 is 5.78 Å². The largest absolute Gasteiger partial charge is 0.299 e. The van der Waals surface area contributed by atoms with Crippen LogP contribution in [0.25, 0.3) is 0 Å². The third-order valence-electron chi connectivity index (χ3n) is 3.41. The maximum atomic E-state index is 12.2. The van der Waals surface area contributed by atoms with Gasteiger partial charge in [-0.1, -0.05) is 46.3 Å². The van der Waals surface area contributed by atoms with Crippen molar-refractivity contribution in [1.29, 1.82) is 0 Å². The number of ketones is 1. The minimum atomic E-state index is -0.200. The average molecular weight is 210 g/mol. The molecular weight excluding hydrogens is 184 g/mol. The number of hydrogen-bond acceptors (Lipinski definition) is 1. The number of Topliss-reactive ketones (excluding diaryl/α,β-unsaturated/α-hetero) is 1. The Morgan fingerprint density at radius 2 is 1.67 bits per heavy atom. The van der Waals surface area contributed by atoms with E-state index in [1.165, 1.54) is 5.57 Å². The van der Waals surface area contributed by atoms with Gasteiger partial charge in [-0.3, -0.25) is 4.79 Å². The Kier molecular flexibility index (Phi) is 5.27. The number of carbonyl (C=O) groups is 1. The van der Waals surface area contributed by atoms with E-state index in [1.807, 2.05) is 6.92 Å². The molecule has 0 aromatic carbocycles. The Morgan fingerprint density at radius 3 is 2.00 bits per heavy atom. The molecule has 0 heterocycles. The summed E-state index contributed by atoms with van der Waals surface area (Å²) in [4.78, 5) is 12.2. The van der Waals surface area contributed by atoms with Crippen LogP contribution >= 0.6 is 0 Å². The fourth-order valence-corrected chi connectivity index (χ4v) is 1.44. The molecule has 0 aliphatic heterocycles. The molecule has 0 aromatic rings. The van der Waals surface area contributed by atoms with Gasteiger partial charge in [-0.05, 0) is 26.2 Å². The van der Waals surface area contributed by atoms with E-state index in [2.05, 4.69) is 47.6 Å². The third kappa shape index (κ3) is 4.19. The van der Waals surface area contributed by atoms with Gasteiger partial charge in [-0.15, -0.1) is 0 Å². The molecule has 0 aliphatic rings. The highest BCUT2D eigenvalue weighted by molar-refractivity contribution is 5.86. The van der Waals surface area contributed by atoms with Crippen molar-refractivity contribution in [1.82, 2.24) is 0 Å². The first-order valence-electron chi connectivity index (χ1n) is 5.87. The van der Waals surface area contributed by atoms with E-state index in [4.69, 9.17) is 0 Å². The average Bonchev–Trinajstić information content (AvgIpc) is 2.12. The zero-order chi connectivity index (χ0) is 12.2. The second-order valence-electron chi connectivity index (χ2n) is 5.66. The number of rotatable bonds is 5. The van der Waals surface area contributed by atoms with E-state index in [0.29, 0.717) is 11.7 Å². The van der Waals surface area contributed by atoms with Crippen molar-refractivity contribution in [3.8, 4) is 0 Å². The number of allylic oxidation sites excluding steroid dienone is 2. The van der Waals surface area contributed by atoms with Crippen molar-refractivity contribution in [2.45, 2.75) is 54.9 Å². The van der Waals surface area contributed by atoms with Crippen LogP contribution in [0.2, 0.25) is 0 Å². The Labute approximate surface area is 95.0 Å². The molecule has 0 aromatic heterocycles. The van der Waals surface area contributed by atoms with Gasteiger partial charge in [0.1, 0.15) is 5.78 Å². The lowest BCUT2D eigenvalue weighted by atomic mass is 9.73. The predicted octanol–water partition coefficient (Wildman–Crippen LogP) is 4.23. The van der Waals surface area contributed by atoms with Crippen LogP contribution < -0.4 is 0 Å². The summed E-state index contributed by atoms with van der Waals surface area (Å²) in [6.45, 7) is 14.5. The summed E-state index contributed by atoms with van der Waals surface area (Å²) < 4.78 is 0. The van der Waals surface area contributed by atoms with Gasteiger partial charge < -0.3 is 0 Å². The van der Waals surface area contributed by atoms with Crippen molar-refractivity contribution in [3.05, 3.63) is 11.6 Å². The highest BCUT2D eigenvalue weighted by Crippen LogP contribution is 2.31. The van der Waals surface area contributed by atoms with Gasteiger partial charge in [0.15, 0.2) is 0 Å². The highest BCUT2D eigenvalue weighted by Gasteiger charge is 2.33. The summed E-state index contributed by atoms with van der Waals surface area (Å²) >= 11 is 0. The molecule has 1 atom stereocenters.